The molecule has 0 aromatic heterocycles. The van der Waals surface area contributed by atoms with E-state index in [0.717, 1.165) is 5.92 Å². The van der Waals surface area contributed by atoms with Gasteiger partial charge in [0, 0.05) is 18.6 Å². The Bertz CT molecular complexity index is 268. The summed E-state index contributed by atoms with van der Waals surface area (Å²) in [5.41, 5.74) is 0.376. The van der Waals surface area contributed by atoms with E-state index in [4.69, 9.17) is 0 Å². The van der Waals surface area contributed by atoms with Crippen LogP contribution in [0.25, 0.3) is 0 Å². The normalized spacial score (nSPS) is 29.1. The zero-order chi connectivity index (χ0) is 12.8. The standard InChI is InChI=1S/C16H30N2/c1-3-16(4-2)14-18(12-8-11-17-16)13-15-9-6-5-7-10-15/h5-6,15,17H,3-4,7-14H2,1-2H3. The van der Waals surface area contributed by atoms with Crippen molar-refractivity contribution in [1.82, 2.24) is 10.2 Å². The minimum Gasteiger partial charge on any atom is -0.310 e. The predicted molar refractivity (Wildman–Crippen MR) is 78.9 cm³/mol. The van der Waals surface area contributed by atoms with Gasteiger partial charge in [-0.3, -0.25) is 0 Å². The van der Waals surface area contributed by atoms with E-state index >= 15 is 0 Å². The Hall–Kier alpha value is -0.340. The van der Waals surface area contributed by atoms with Crippen molar-refractivity contribution in [3.05, 3.63) is 12.2 Å². The molecule has 0 aromatic rings. The van der Waals surface area contributed by atoms with Gasteiger partial charge in [-0.15, -0.1) is 0 Å². The maximum Gasteiger partial charge on any atom is 0.0303 e. The SMILES string of the molecule is CCC1(CC)CN(CC2CC=CCC2)CCCN1. The summed E-state index contributed by atoms with van der Waals surface area (Å²) >= 11 is 0. The van der Waals surface area contributed by atoms with Gasteiger partial charge in [0.1, 0.15) is 0 Å². The first-order valence-corrected chi connectivity index (χ1v) is 7.90. The van der Waals surface area contributed by atoms with Crippen molar-refractivity contribution < 1.29 is 0 Å². The number of rotatable bonds is 4. The molecule has 0 saturated carbocycles. The van der Waals surface area contributed by atoms with Crippen molar-refractivity contribution >= 4 is 0 Å². The van der Waals surface area contributed by atoms with Crippen molar-refractivity contribution in [2.45, 2.75) is 57.9 Å². The van der Waals surface area contributed by atoms with E-state index < -0.39 is 0 Å². The Morgan fingerprint density at radius 2 is 2.11 bits per heavy atom. The van der Waals surface area contributed by atoms with Crippen LogP contribution in [0.1, 0.15) is 52.4 Å². The fraction of sp³-hybridized carbons (Fsp3) is 0.875. The van der Waals surface area contributed by atoms with Crippen molar-refractivity contribution in [2.75, 3.05) is 26.2 Å². The fourth-order valence-electron chi connectivity index (χ4n) is 3.49. The van der Waals surface area contributed by atoms with Crippen LogP contribution in [0.5, 0.6) is 0 Å². The molecule has 1 saturated heterocycles. The summed E-state index contributed by atoms with van der Waals surface area (Å²) in [5, 5.41) is 3.81. The first-order valence-electron chi connectivity index (χ1n) is 7.90. The molecule has 1 aliphatic heterocycles. The first-order chi connectivity index (χ1) is 8.78. The molecule has 1 atom stereocenters. The molecular weight excluding hydrogens is 220 g/mol. The molecular formula is C16H30N2. The van der Waals surface area contributed by atoms with Gasteiger partial charge < -0.3 is 10.2 Å². The van der Waals surface area contributed by atoms with Crippen LogP contribution in [0, 0.1) is 5.92 Å². The van der Waals surface area contributed by atoms with Gasteiger partial charge in [-0.05, 0) is 57.5 Å². The van der Waals surface area contributed by atoms with Crippen molar-refractivity contribution in [3.8, 4) is 0 Å². The largest absolute Gasteiger partial charge is 0.310 e. The second kappa shape index (κ2) is 6.72. The smallest absolute Gasteiger partial charge is 0.0303 e. The molecule has 2 aliphatic rings. The van der Waals surface area contributed by atoms with Crippen LogP contribution >= 0.6 is 0 Å². The van der Waals surface area contributed by atoms with Crippen molar-refractivity contribution in [3.63, 3.8) is 0 Å². The first kappa shape index (κ1) is 14.1. The zero-order valence-electron chi connectivity index (χ0n) is 12.3. The third-order valence-electron chi connectivity index (χ3n) is 4.93. The maximum atomic E-state index is 3.81. The van der Waals surface area contributed by atoms with Crippen LogP contribution in [-0.4, -0.2) is 36.6 Å². The van der Waals surface area contributed by atoms with Gasteiger partial charge >= 0.3 is 0 Å². The van der Waals surface area contributed by atoms with Crippen molar-refractivity contribution in [2.24, 2.45) is 5.92 Å². The third kappa shape index (κ3) is 3.58. The molecule has 1 unspecified atom stereocenters. The van der Waals surface area contributed by atoms with E-state index in [2.05, 4.69) is 36.2 Å². The Labute approximate surface area is 113 Å². The highest BCUT2D eigenvalue weighted by atomic mass is 15.2. The molecule has 0 radical (unpaired) electrons. The van der Waals surface area contributed by atoms with Crippen LogP contribution in [0.4, 0.5) is 0 Å². The third-order valence-corrected chi connectivity index (χ3v) is 4.93. The molecule has 1 N–H and O–H groups in total. The lowest BCUT2D eigenvalue weighted by Crippen LogP contribution is -2.51. The molecule has 2 nitrogen and oxygen atoms in total. The Morgan fingerprint density at radius 3 is 2.78 bits per heavy atom. The average molecular weight is 250 g/mol. The van der Waals surface area contributed by atoms with Crippen LogP contribution in [0.3, 0.4) is 0 Å². The number of hydrogen-bond donors (Lipinski definition) is 1. The lowest BCUT2D eigenvalue weighted by atomic mass is 9.90. The summed E-state index contributed by atoms with van der Waals surface area (Å²) < 4.78 is 0. The second-order valence-corrected chi connectivity index (χ2v) is 6.15. The minimum atomic E-state index is 0.376. The van der Waals surface area contributed by atoms with E-state index in [1.807, 2.05) is 0 Å². The molecule has 0 amide bonds. The predicted octanol–water partition coefficient (Wildman–Crippen LogP) is 3.20. The molecule has 1 fully saturated rings. The average Bonchev–Trinajstić information content (AvgIpc) is 2.63. The number of hydrogen-bond acceptors (Lipinski definition) is 2. The fourth-order valence-corrected chi connectivity index (χ4v) is 3.49. The second-order valence-electron chi connectivity index (χ2n) is 6.15. The van der Waals surface area contributed by atoms with E-state index in [1.165, 1.54) is 64.7 Å². The molecule has 0 bridgehead atoms. The van der Waals surface area contributed by atoms with Gasteiger partial charge in [0.2, 0.25) is 0 Å². The molecule has 104 valence electrons. The molecule has 0 aromatic carbocycles. The molecule has 0 spiro atoms. The Morgan fingerprint density at radius 1 is 1.28 bits per heavy atom. The Kier molecular flexibility index (Phi) is 5.25. The number of nitrogens with one attached hydrogen (secondary N) is 1. The summed E-state index contributed by atoms with van der Waals surface area (Å²) in [4.78, 5) is 2.73. The maximum absolute atomic E-state index is 3.81. The van der Waals surface area contributed by atoms with Crippen LogP contribution < -0.4 is 5.32 Å². The molecule has 18 heavy (non-hydrogen) atoms. The van der Waals surface area contributed by atoms with E-state index in [9.17, 15) is 0 Å². The summed E-state index contributed by atoms with van der Waals surface area (Å²) in [5.74, 6) is 0.902. The van der Waals surface area contributed by atoms with Gasteiger partial charge in [-0.1, -0.05) is 26.0 Å². The van der Waals surface area contributed by atoms with Gasteiger partial charge in [0.15, 0.2) is 0 Å². The molecule has 2 rings (SSSR count). The van der Waals surface area contributed by atoms with E-state index in [1.54, 1.807) is 0 Å². The van der Waals surface area contributed by atoms with Crippen LogP contribution in [0.2, 0.25) is 0 Å². The van der Waals surface area contributed by atoms with Gasteiger partial charge in [-0.2, -0.15) is 0 Å². The molecule has 2 heteroatoms. The van der Waals surface area contributed by atoms with Gasteiger partial charge in [-0.25, -0.2) is 0 Å². The highest BCUT2D eigenvalue weighted by Gasteiger charge is 2.30. The quantitative estimate of drug-likeness (QED) is 0.771. The van der Waals surface area contributed by atoms with E-state index in [-0.39, 0.29) is 0 Å². The number of allylic oxidation sites excluding steroid dienone is 2. The summed E-state index contributed by atoms with van der Waals surface area (Å²) in [6, 6.07) is 0. The number of nitrogens with zero attached hydrogens (tertiary/aromatic N) is 1. The Balaban J connectivity index is 1.92. The minimum absolute atomic E-state index is 0.376. The summed E-state index contributed by atoms with van der Waals surface area (Å²) in [6.45, 7) is 9.72. The summed E-state index contributed by atoms with van der Waals surface area (Å²) in [7, 11) is 0. The topological polar surface area (TPSA) is 15.3 Å². The molecule has 1 heterocycles. The van der Waals surface area contributed by atoms with Gasteiger partial charge in [0.25, 0.3) is 0 Å². The summed E-state index contributed by atoms with van der Waals surface area (Å²) in [6.07, 6.45) is 12.5. The van der Waals surface area contributed by atoms with Gasteiger partial charge in [0.05, 0.1) is 0 Å². The highest BCUT2D eigenvalue weighted by Crippen LogP contribution is 2.24. The zero-order valence-corrected chi connectivity index (χ0v) is 12.3. The van der Waals surface area contributed by atoms with Crippen LogP contribution in [0.15, 0.2) is 12.2 Å². The van der Waals surface area contributed by atoms with Crippen molar-refractivity contribution in [1.29, 1.82) is 0 Å². The van der Waals surface area contributed by atoms with E-state index in [0.29, 0.717) is 5.54 Å². The monoisotopic (exact) mass is 250 g/mol. The van der Waals surface area contributed by atoms with Crippen LogP contribution in [-0.2, 0) is 0 Å². The lowest BCUT2D eigenvalue weighted by Gasteiger charge is -2.37. The lowest BCUT2D eigenvalue weighted by molar-refractivity contribution is 0.170. The molecule has 1 aliphatic carbocycles. The highest BCUT2D eigenvalue weighted by molar-refractivity contribution is 4.94.